The Kier molecular flexibility index (Phi) is 8.91. The van der Waals surface area contributed by atoms with E-state index in [-0.39, 0.29) is 12.1 Å². The number of hydrogen-bond acceptors (Lipinski definition) is 5. The second kappa shape index (κ2) is 10.4. The summed E-state index contributed by atoms with van der Waals surface area (Å²) in [5, 5.41) is 0.785. The molecule has 1 unspecified atom stereocenters. The highest BCUT2D eigenvalue weighted by atomic mass is 19.4. The monoisotopic (exact) mass is 591 g/mol. The van der Waals surface area contributed by atoms with Crippen LogP contribution in [0.15, 0.2) is 24.3 Å². The molecule has 1 rings (SSSR count). The molecule has 0 saturated heterocycles. The van der Waals surface area contributed by atoms with Crippen molar-refractivity contribution in [3.63, 3.8) is 0 Å². The maximum absolute atomic E-state index is 13.2. The van der Waals surface area contributed by atoms with Crippen LogP contribution in [0, 0.1) is 0 Å². The van der Waals surface area contributed by atoms with E-state index in [1.54, 1.807) is 0 Å². The van der Waals surface area contributed by atoms with E-state index in [4.69, 9.17) is 0 Å². The molecule has 1 aromatic carbocycles. The van der Waals surface area contributed by atoms with Gasteiger partial charge in [-0.3, -0.25) is 4.79 Å². The summed E-state index contributed by atoms with van der Waals surface area (Å²) in [6, 6.07) is 1.14. The Morgan fingerprint density at radius 3 is 1.42 bits per heavy atom. The molecule has 1 aromatic rings. The third-order valence-electron chi connectivity index (χ3n) is 4.03. The quantitative estimate of drug-likeness (QED) is 0.265. The number of benzene rings is 1. The van der Waals surface area contributed by atoms with Gasteiger partial charge in [0.05, 0.1) is 6.54 Å². The summed E-state index contributed by atoms with van der Waals surface area (Å²) >= 11 is 0. The topological polar surface area (TPSA) is 81.7 Å². The molecule has 0 aliphatic carbocycles. The van der Waals surface area contributed by atoms with Crippen LogP contribution in [0.1, 0.15) is 11.7 Å². The van der Waals surface area contributed by atoms with Crippen molar-refractivity contribution in [3.05, 3.63) is 29.8 Å². The molecule has 1 amide bonds. The average molecular weight is 591 g/mol. The molecule has 6 nitrogen and oxygen atoms in total. The molecule has 0 aliphatic heterocycles. The lowest BCUT2D eigenvalue weighted by molar-refractivity contribution is -0.282. The maximum atomic E-state index is 13.2. The molecule has 38 heavy (non-hydrogen) atoms. The van der Waals surface area contributed by atoms with Crippen molar-refractivity contribution >= 4 is 17.8 Å². The first-order valence-electron chi connectivity index (χ1n) is 8.92. The predicted molar refractivity (Wildman–Crippen MR) is 86.9 cm³/mol. The van der Waals surface area contributed by atoms with E-state index in [0.29, 0.717) is 12.1 Å². The summed E-state index contributed by atoms with van der Waals surface area (Å²) in [7, 11) is 0. The zero-order valence-corrected chi connectivity index (χ0v) is 17.3. The standard InChI is InChI=1S/C17H8F15NO5/c18-12(19,15(24,25)26)9(34)33-5-8(38-11(36)14(22,23)17(30,31)32)6-1-3-7(4-2-6)37-10(35)13(20,21)16(27,28)29/h1-4,8H,5H2,(H,33,34). The fourth-order valence-electron chi connectivity index (χ4n) is 2.01. The summed E-state index contributed by atoms with van der Waals surface area (Å²) in [6.07, 6.45) is -22.2. The lowest BCUT2D eigenvalue weighted by Gasteiger charge is -2.25. The normalized spacial score (nSPS) is 14.5. The van der Waals surface area contributed by atoms with Gasteiger partial charge in [-0.2, -0.15) is 65.9 Å². The van der Waals surface area contributed by atoms with Crippen molar-refractivity contribution in [1.82, 2.24) is 5.32 Å². The summed E-state index contributed by atoms with van der Waals surface area (Å²) in [5.74, 6) is -29.4. The Bertz CT molecular complexity index is 1030. The zero-order chi connectivity index (χ0) is 30.1. The Morgan fingerprint density at radius 2 is 1.03 bits per heavy atom. The van der Waals surface area contributed by atoms with Crippen LogP contribution in [0.25, 0.3) is 0 Å². The van der Waals surface area contributed by atoms with E-state index in [9.17, 15) is 80.2 Å². The fraction of sp³-hybridized carbons (Fsp3) is 0.471. The van der Waals surface area contributed by atoms with Gasteiger partial charge in [0.15, 0.2) is 0 Å². The van der Waals surface area contributed by atoms with Crippen molar-refractivity contribution in [1.29, 1.82) is 0 Å². The van der Waals surface area contributed by atoms with Gasteiger partial charge in [0.25, 0.3) is 0 Å². The second-order valence-electron chi connectivity index (χ2n) is 6.78. The van der Waals surface area contributed by atoms with Gasteiger partial charge in [0.1, 0.15) is 11.9 Å². The molecule has 21 heteroatoms. The van der Waals surface area contributed by atoms with Gasteiger partial charge in [-0.25, -0.2) is 9.59 Å². The number of carbonyl (C=O) groups excluding carboxylic acids is 3. The molecular formula is C17H8F15NO5. The van der Waals surface area contributed by atoms with Crippen molar-refractivity contribution in [2.45, 2.75) is 42.4 Å². The molecule has 0 saturated carbocycles. The van der Waals surface area contributed by atoms with E-state index in [2.05, 4.69) is 9.47 Å². The van der Waals surface area contributed by atoms with Crippen LogP contribution in [-0.4, -0.2) is 60.7 Å². The number of esters is 2. The number of rotatable bonds is 8. The number of alkyl halides is 15. The van der Waals surface area contributed by atoms with Crippen LogP contribution < -0.4 is 10.1 Å². The van der Waals surface area contributed by atoms with E-state index >= 15 is 0 Å². The first kappa shape index (κ1) is 32.6. The van der Waals surface area contributed by atoms with Crippen molar-refractivity contribution < 1.29 is 89.7 Å². The minimum absolute atomic E-state index is 0.258. The van der Waals surface area contributed by atoms with Gasteiger partial charge < -0.3 is 14.8 Å². The molecule has 0 spiro atoms. The van der Waals surface area contributed by atoms with Gasteiger partial charge in [-0.1, -0.05) is 12.1 Å². The second-order valence-corrected chi connectivity index (χ2v) is 6.78. The van der Waals surface area contributed by atoms with Gasteiger partial charge in [-0.05, 0) is 17.7 Å². The highest BCUT2D eigenvalue weighted by Gasteiger charge is 2.66. The fourth-order valence-corrected chi connectivity index (χ4v) is 2.01. The molecule has 216 valence electrons. The Labute approximate surface area is 198 Å². The third-order valence-corrected chi connectivity index (χ3v) is 4.03. The van der Waals surface area contributed by atoms with Gasteiger partial charge >= 0.3 is 54.1 Å². The summed E-state index contributed by atoms with van der Waals surface area (Å²) in [5.41, 5.74) is -0.936. The van der Waals surface area contributed by atoms with Gasteiger partial charge in [0, 0.05) is 0 Å². The summed E-state index contributed by atoms with van der Waals surface area (Å²) < 4.78 is 196. The summed E-state index contributed by atoms with van der Waals surface area (Å²) in [4.78, 5) is 33.5. The number of carbonyl (C=O) groups is 3. The maximum Gasteiger partial charge on any atom is 0.465 e. The van der Waals surface area contributed by atoms with Crippen LogP contribution in [0.5, 0.6) is 5.75 Å². The number of nitrogens with one attached hydrogen (secondary N) is 1. The number of hydrogen-bond donors (Lipinski definition) is 1. The molecule has 1 atom stereocenters. The van der Waals surface area contributed by atoms with Crippen LogP contribution in [-0.2, 0) is 19.1 Å². The van der Waals surface area contributed by atoms with Crippen molar-refractivity contribution in [2.24, 2.45) is 0 Å². The lowest BCUT2D eigenvalue weighted by atomic mass is 10.1. The highest BCUT2D eigenvalue weighted by Crippen LogP contribution is 2.39. The van der Waals surface area contributed by atoms with E-state index in [1.807, 2.05) is 0 Å². The Morgan fingerprint density at radius 1 is 0.632 bits per heavy atom. The van der Waals surface area contributed by atoms with Crippen LogP contribution in [0.3, 0.4) is 0 Å². The SMILES string of the molecule is O=C(NCC(OC(=O)C(F)(F)C(F)(F)F)c1ccc(OC(=O)C(F)(F)C(F)(F)F)cc1)C(F)(F)C(F)(F)F. The van der Waals surface area contributed by atoms with Crippen molar-refractivity contribution in [2.75, 3.05) is 6.54 Å². The highest BCUT2D eigenvalue weighted by molar-refractivity contribution is 5.84. The van der Waals surface area contributed by atoms with Gasteiger partial charge in [0.2, 0.25) is 0 Å². The number of halogens is 15. The Balaban J connectivity index is 3.26. The third kappa shape index (κ3) is 6.91. The van der Waals surface area contributed by atoms with Crippen LogP contribution >= 0.6 is 0 Å². The molecule has 0 aromatic heterocycles. The first-order chi connectivity index (χ1) is 16.8. The molecule has 0 fully saturated rings. The number of ether oxygens (including phenoxy) is 2. The molecular weight excluding hydrogens is 583 g/mol. The Hall–Kier alpha value is -3.42. The molecule has 0 bridgehead atoms. The predicted octanol–water partition coefficient (Wildman–Crippen LogP) is 4.89. The molecule has 0 aliphatic rings. The minimum Gasteiger partial charge on any atom is -0.451 e. The number of amides is 1. The van der Waals surface area contributed by atoms with Crippen LogP contribution in [0.2, 0.25) is 0 Å². The zero-order valence-electron chi connectivity index (χ0n) is 17.3. The molecule has 1 N–H and O–H groups in total. The minimum atomic E-state index is -6.59. The lowest BCUT2D eigenvalue weighted by Crippen LogP contribution is -2.51. The smallest absolute Gasteiger partial charge is 0.451 e. The van der Waals surface area contributed by atoms with E-state index in [0.717, 1.165) is 5.32 Å². The molecule has 0 heterocycles. The van der Waals surface area contributed by atoms with E-state index in [1.165, 1.54) is 0 Å². The van der Waals surface area contributed by atoms with E-state index < -0.39 is 78.1 Å². The first-order valence-corrected chi connectivity index (χ1v) is 8.92. The average Bonchev–Trinajstić information content (AvgIpc) is 2.74. The summed E-state index contributed by atoms with van der Waals surface area (Å²) in [6.45, 7) is -1.82. The van der Waals surface area contributed by atoms with Gasteiger partial charge in [-0.15, -0.1) is 0 Å². The molecule has 0 radical (unpaired) electrons. The van der Waals surface area contributed by atoms with Crippen LogP contribution in [0.4, 0.5) is 65.9 Å². The largest absolute Gasteiger partial charge is 0.465 e. The van der Waals surface area contributed by atoms with Crippen molar-refractivity contribution in [3.8, 4) is 5.75 Å².